The molecule has 1 aromatic rings. The number of carbonyl (C=O) groups is 2. The van der Waals surface area contributed by atoms with Crippen molar-refractivity contribution in [1.82, 2.24) is 10.2 Å². The van der Waals surface area contributed by atoms with Crippen LogP contribution in [0.25, 0.3) is 0 Å². The van der Waals surface area contributed by atoms with E-state index in [4.69, 9.17) is 0 Å². The van der Waals surface area contributed by atoms with E-state index in [0.29, 0.717) is 19.5 Å². The molecule has 2 rings (SSSR count). The number of carbonyl (C=O) groups excluding carboxylic acids is 2. The zero-order chi connectivity index (χ0) is 14.7. The predicted molar refractivity (Wildman–Crippen MR) is 78.0 cm³/mol. The third-order valence-corrected chi connectivity index (χ3v) is 3.63. The van der Waals surface area contributed by atoms with Gasteiger partial charge in [0.25, 0.3) is 0 Å². The molecular weight excluding hydrogens is 252 g/mol. The molecule has 0 aliphatic carbocycles. The van der Waals surface area contributed by atoms with Gasteiger partial charge in [-0.15, -0.1) is 0 Å². The number of hydrogen-bond acceptors (Lipinski definition) is 2. The second-order valence-corrected chi connectivity index (χ2v) is 5.79. The molecule has 0 saturated carbocycles. The van der Waals surface area contributed by atoms with E-state index in [9.17, 15) is 9.59 Å². The largest absolute Gasteiger partial charge is 0.344 e. The highest BCUT2D eigenvalue weighted by atomic mass is 16.2. The molecule has 1 aliphatic heterocycles. The summed E-state index contributed by atoms with van der Waals surface area (Å²) in [7, 11) is 0. The summed E-state index contributed by atoms with van der Waals surface area (Å²) < 4.78 is 0. The SMILES string of the molecule is Cc1cccc(CN2CCC(=O)NC(C(C)C)C2=O)c1. The normalized spacial score (nSPS) is 20.0. The number of hydrogen-bond donors (Lipinski definition) is 1. The highest BCUT2D eigenvalue weighted by Crippen LogP contribution is 2.15. The van der Waals surface area contributed by atoms with Crippen LogP contribution in [0.1, 0.15) is 31.4 Å². The molecule has 1 unspecified atom stereocenters. The maximum Gasteiger partial charge on any atom is 0.245 e. The highest BCUT2D eigenvalue weighted by molar-refractivity contribution is 5.90. The maximum atomic E-state index is 12.5. The summed E-state index contributed by atoms with van der Waals surface area (Å²) >= 11 is 0. The second kappa shape index (κ2) is 6.07. The average molecular weight is 274 g/mol. The average Bonchev–Trinajstić information content (AvgIpc) is 2.52. The molecule has 1 aliphatic rings. The molecule has 4 nitrogen and oxygen atoms in total. The first kappa shape index (κ1) is 14.6. The Kier molecular flexibility index (Phi) is 4.42. The van der Waals surface area contributed by atoms with Crippen LogP contribution in [0.3, 0.4) is 0 Å². The van der Waals surface area contributed by atoms with Gasteiger partial charge in [0.2, 0.25) is 11.8 Å². The molecule has 0 spiro atoms. The van der Waals surface area contributed by atoms with Gasteiger partial charge in [-0.1, -0.05) is 43.7 Å². The number of rotatable bonds is 3. The van der Waals surface area contributed by atoms with Crippen molar-refractivity contribution in [2.24, 2.45) is 5.92 Å². The van der Waals surface area contributed by atoms with E-state index in [1.165, 1.54) is 5.56 Å². The van der Waals surface area contributed by atoms with E-state index >= 15 is 0 Å². The number of aryl methyl sites for hydroxylation is 1. The summed E-state index contributed by atoms with van der Waals surface area (Å²) in [5.41, 5.74) is 2.29. The molecule has 1 atom stereocenters. The lowest BCUT2D eigenvalue weighted by Gasteiger charge is -2.26. The summed E-state index contributed by atoms with van der Waals surface area (Å²) in [4.78, 5) is 26.0. The van der Waals surface area contributed by atoms with Gasteiger partial charge in [-0.3, -0.25) is 9.59 Å². The lowest BCUT2D eigenvalue weighted by atomic mass is 10.0. The van der Waals surface area contributed by atoms with Crippen LogP contribution in [0.15, 0.2) is 24.3 Å². The molecular formula is C16H22N2O2. The van der Waals surface area contributed by atoms with Crippen LogP contribution in [0, 0.1) is 12.8 Å². The molecule has 1 fully saturated rings. The minimum absolute atomic E-state index is 0.0207. The van der Waals surface area contributed by atoms with Crippen molar-refractivity contribution in [3.8, 4) is 0 Å². The smallest absolute Gasteiger partial charge is 0.245 e. The molecule has 1 aromatic carbocycles. The van der Waals surface area contributed by atoms with Gasteiger partial charge >= 0.3 is 0 Å². The zero-order valence-corrected chi connectivity index (χ0v) is 12.3. The molecule has 108 valence electrons. The van der Waals surface area contributed by atoms with Crippen LogP contribution in [-0.4, -0.2) is 29.3 Å². The van der Waals surface area contributed by atoms with Gasteiger partial charge < -0.3 is 10.2 Å². The number of nitrogens with zero attached hydrogens (tertiary/aromatic N) is 1. The van der Waals surface area contributed by atoms with Crippen molar-refractivity contribution >= 4 is 11.8 Å². The van der Waals surface area contributed by atoms with Crippen LogP contribution in [0.4, 0.5) is 0 Å². The minimum atomic E-state index is -0.408. The standard InChI is InChI=1S/C16H22N2O2/c1-11(2)15-16(20)18(8-7-14(19)17-15)10-13-6-4-5-12(3)9-13/h4-6,9,11,15H,7-8,10H2,1-3H3,(H,17,19). The number of nitrogens with one attached hydrogen (secondary N) is 1. The third-order valence-electron chi connectivity index (χ3n) is 3.63. The van der Waals surface area contributed by atoms with Crippen molar-refractivity contribution in [3.63, 3.8) is 0 Å². The van der Waals surface area contributed by atoms with Gasteiger partial charge in [-0.05, 0) is 18.4 Å². The minimum Gasteiger partial charge on any atom is -0.344 e. The van der Waals surface area contributed by atoms with Crippen LogP contribution in [0.5, 0.6) is 0 Å². The van der Waals surface area contributed by atoms with Crippen molar-refractivity contribution in [1.29, 1.82) is 0 Å². The van der Waals surface area contributed by atoms with E-state index in [1.54, 1.807) is 4.90 Å². The van der Waals surface area contributed by atoms with Gasteiger partial charge in [0.15, 0.2) is 0 Å². The fraction of sp³-hybridized carbons (Fsp3) is 0.500. The van der Waals surface area contributed by atoms with E-state index < -0.39 is 6.04 Å². The Balaban J connectivity index is 2.17. The number of benzene rings is 1. The van der Waals surface area contributed by atoms with Gasteiger partial charge in [-0.2, -0.15) is 0 Å². The first-order chi connectivity index (χ1) is 9.47. The lowest BCUT2D eigenvalue weighted by molar-refractivity contribution is -0.135. The van der Waals surface area contributed by atoms with Crippen LogP contribution < -0.4 is 5.32 Å². The quantitative estimate of drug-likeness (QED) is 0.914. The monoisotopic (exact) mass is 274 g/mol. The first-order valence-corrected chi connectivity index (χ1v) is 7.11. The van der Waals surface area contributed by atoms with Gasteiger partial charge in [0.1, 0.15) is 6.04 Å². The van der Waals surface area contributed by atoms with E-state index in [2.05, 4.69) is 11.4 Å². The van der Waals surface area contributed by atoms with E-state index in [0.717, 1.165) is 5.56 Å². The van der Waals surface area contributed by atoms with E-state index in [-0.39, 0.29) is 17.7 Å². The zero-order valence-electron chi connectivity index (χ0n) is 12.3. The second-order valence-electron chi connectivity index (χ2n) is 5.79. The molecule has 4 heteroatoms. The van der Waals surface area contributed by atoms with Crippen molar-refractivity contribution in [2.45, 2.75) is 39.8 Å². The Hall–Kier alpha value is -1.84. The first-order valence-electron chi connectivity index (χ1n) is 7.11. The van der Waals surface area contributed by atoms with Crippen LogP contribution in [0.2, 0.25) is 0 Å². The van der Waals surface area contributed by atoms with Crippen LogP contribution >= 0.6 is 0 Å². The Morgan fingerprint density at radius 1 is 1.35 bits per heavy atom. The third kappa shape index (κ3) is 3.38. The fourth-order valence-corrected chi connectivity index (χ4v) is 2.49. The predicted octanol–water partition coefficient (Wildman–Crippen LogP) is 1.87. The summed E-state index contributed by atoms with van der Waals surface area (Å²) in [6.45, 7) is 7.01. The molecule has 20 heavy (non-hydrogen) atoms. The molecule has 0 aromatic heterocycles. The maximum absolute atomic E-state index is 12.5. The van der Waals surface area contributed by atoms with Gasteiger partial charge in [-0.25, -0.2) is 0 Å². The Morgan fingerprint density at radius 3 is 2.75 bits per heavy atom. The van der Waals surface area contributed by atoms with Crippen LogP contribution in [-0.2, 0) is 16.1 Å². The summed E-state index contributed by atoms with van der Waals surface area (Å²) in [6, 6.07) is 7.73. The van der Waals surface area contributed by atoms with Gasteiger partial charge in [0, 0.05) is 19.5 Å². The highest BCUT2D eigenvalue weighted by Gasteiger charge is 2.31. The van der Waals surface area contributed by atoms with Crippen molar-refractivity contribution in [2.75, 3.05) is 6.54 Å². The Labute approximate surface area is 120 Å². The number of amides is 2. The molecule has 1 heterocycles. The molecule has 1 N–H and O–H groups in total. The summed E-state index contributed by atoms with van der Waals surface area (Å²) in [5.74, 6) is 0.0840. The van der Waals surface area contributed by atoms with Crippen molar-refractivity contribution in [3.05, 3.63) is 35.4 Å². The van der Waals surface area contributed by atoms with Crippen molar-refractivity contribution < 1.29 is 9.59 Å². The molecule has 0 bridgehead atoms. The summed E-state index contributed by atoms with van der Waals surface area (Å²) in [6.07, 6.45) is 0.376. The Morgan fingerprint density at radius 2 is 2.10 bits per heavy atom. The molecule has 2 amide bonds. The van der Waals surface area contributed by atoms with E-state index in [1.807, 2.05) is 39.0 Å². The molecule has 1 saturated heterocycles. The topological polar surface area (TPSA) is 49.4 Å². The molecule has 0 radical (unpaired) electrons. The Bertz CT molecular complexity index is 511. The fourth-order valence-electron chi connectivity index (χ4n) is 2.49. The summed E-state index contributed by atoms with van der Waals surface area (Å²) in [5, 5.41) is 2.83. The lowest BCUT2D eigenvalue weighted by Crippen LogP contribution is -2.47. The van der Waals surface area contributed by atoms with Gasteiger partial charge in [0.05, 0.1) is 0 Å².